The van der Waals surface area contributed by atoms with Crippen LogP contribution in [0.3, 0.4) is 0 Å². The summed E-state index contributed by atoms with van der Waals surface area (Å²) >= 11 is 0. The molecule has 1 aromatic carbocycles. The van der Waals surface area contributed by atoms with Gasteiger partial charge in [-0.25, -0.2) is 8.78 Å². The van der Waals surface area contributed by atoms with Gasteiger partial charge in [0.05, 0.1) is 23.7 Å². The molecule has 5 nitrogen and oxygen atoms in total. The molecule has 2 aliphatic rings. The van der Waals surface area contributed by atoms with Crippen LogP contribution in [0, 0.1) is 11.6 Å². The number of methoxy groups -OCH3 is 1. The fraction of sp³-hybridized carbons (Fsp3) is 0.650. The van der Waals surface area contributed by atoms with Gasteiger partial charge in [0.1, 0.15) is 11.6 Å². The summed E-state index contributed by atoms with van der Waals surface area (Å²) in [6, 6.07) is 2.16. The Balaban J connectivity index is 1.72. The van der Waals surface area contributed by atoms with Crippen molar-refractivity contribution >= 4 is 18.5 Å². The van der Waals surface area contributed by atoms with E-state index in [1.54, 1.807) is 12.0 Å². The highest BCUT2D eigenvalue weighted by Crippen LogP contribution is 2.36. The molecule has 0 N–H and O–H groups in total. The van der Waals surface area contributed by atoms with Gasteiger partial charge in [0, 0.05) is 25.7 Å². The van der Waals surface area contributed by atoms with Crippen molar-refractivity contribution in [3.63, 3.8) is 0 Å². The molecule has 3 rings (SSSR count). The van der Waals surface area contributed by atoms with Crippen molar-refractivity contribution in [2.75, 3.05) is 20.2 Å². The number of carbonyl (C=O) groups is 1. The summed E-state index contributed by atoms with van der Waals surface area (Å²) in [6.45, 7) is 8.52. The average molecular weight is 395 g/mol. The molecule has 0 radical (unpaired) electrons. The van der Waals surface area contributed by atoms with Gasteiger partial charge < -0.3 is 18.9 Å². The minimum absolute atomic E-state index is 0.00765. The van der Waals surface area contributed by atoms with Crippen LogP contribution in [-0.4, -0.2) is 55.4 Å². The lowest BCUT2D eigenvalue weighted by Crippen LogP contribution is -2.41. The Morgan fingerprint density at radius 1 is 1.14 bits per heavy atom. The standard InChI is InChI=1S/C20H28BF2NO4/c1-19(2)20(3,4)28-21(27-19)15-12-16(22)13(10-17(15)23)11-18(25)24-8-6-14(26-5)7-9-24/h10,12,14H,6-9,11H2,1-5H3. The lowest BCUT2D eigenvalue weighted by molar-refractivity contribution is -0.132. The van der Waals surface area contributed by atoms with Gasteiger partial charge in [-0.1, -0.05) is 0 Å². The number of hydrogen-bond donors (Lipinski definition) is 0. The molecule has 2 fully saturated rings. The van der Waals surface area contributed by atoms with Crippen LogP contribution in [-0.2, 0) is 25.3 Å². The maximum absolute atomic E-state index is 14.7. The van der Waals surface area contributed by atoms with Crippen LogP contribution in [0.15, 0.2) is 12.1 Å². The molecule has 8 heteroatoms. The second-order valence-electron chi connectivity index (χ2n) is 8.55. The van der Waals surface area contributed by atoms with Crippen LogP contribution < -0.4 is 5.46 Å². The highest BCUT2D eigenvalue weighted by Gasteiger charge is 2.52. The van der Waals surface area contributed by atoms with Crippen LogP contribution >= 0.6 is 0 Å². The zero-order valence-electron chi connectivity index (χ0n) is 17.2. The van der Waals surface area contributed by atoms with E-state index in [-0.39, 0.29) is 29.5 Å². The Morgan fingerprint density at radius 2 is 1.71 bits per heavy atom. The van der Waals surface area contributed by atoms with E-state index in [0.29, 0.717) is 13.1 Å². The first kappa shape index (κ1) is 21.2. The number of nitrogens with zero attached hydrogens (tertiary/aromatic N) is 1. The van der Waals surface area contributed by atoms with Crippen molar-refractivity contribution in [2.24, 2.45) is 0 Å². The predicted molar refractivity (Wildman–Crippen MR) is 102 cm³/mol. The summed E-state index contributed by atoms with van der Waals surface area (Å²) in [5.74, 6) is -1.48. The Hall–Kier alpha value is -1.51. The highest BCUT2D eigenvalue weighted by molar-refractivity contribution is 6.62. The van der Waals surface area contributed by atoms with E-state index in [9.17, 15) is 13.6 Å². The first-order chi connectivity index (χ1) is 13.0. The summed E-state index contributed by atoms with van der Waals surface area (Å²) in [6.07, 6.45) is 1.47. The predicted octanol–water partition coefficient (Wildman–Crippen LogP) is 2.44. The van der Waals surface area contributed by atoms with Crippen molar-refractivity contribution in [1.29, 1.82) is 0 Å². The normalized spacial score (nSPS) is 22.0. The van der Waals surface area contributed by atoms with E-state index < -0.39 is 30.0 Å². The maximum Gasteiger partial charge on any atom is 0.497 e. The van der Waals surface area contributed by atoms with Gasteiger partial charge in [0.25, 0.3) is 0 Å². The number of ether oxygens (including phenoxy) is 1. The number of piperidine rings is 1. The monoisotopic (exact) mass is 395 g/mol. The van der Waals surface area contributed by atoms with Crippen molar-refractivity contribution < 1.29 is 27.6 Å². The van der Waals surface area contributed by atoms with Gasteiger partial charge in [-0.3, -0.25) is 4.79 Å². The van der Waals surface area contributed by atoms with Crippen molar-refractivity contribution in [3.8, 4) is 0 Å². The topological polar surface area (TPSA) is 48.0 Å². The van der Waals surface area contributed by atoms with Gasteiger partial charge in [-0.15, -0.1) is 0 Å². The van der Waals surface area contributed by atoms with E-state index in [0.717, 1.165) is 25.0 Å². The van der Waals surface area contributed by atoms with Gasteiger partial charge in [0.2, 0.25) is 5.91 Å². The van der Waals surface area contributed by atoms with E-state index in [2.05, 4.69) is 0 Å². The molecule has 0 aromatic heterocycles. The van der Waals surface area contributed by atoms with Crippen LogP contribution in [0.4, 0.5) is 8.78 Å². The SMILES string of the molecule is COC1CCN(C(=O)Cc2cc(F)c(B3OC(C)(C)C(C)(C)O3)cc2F)CC1. The van der Waals surface area contributed by atoms with E-state index >= 15 is 0 Å². The molecule has 154 valence electrons. The molecule has 28 heavy (non-hydrogen) atoms. The van der Waals surface area contributed by atoms with Crippen LogP contribution in [0.5, 0.6) is 0 Å². The molecular weight excluding hydrogens is 367 g/mol. The minimum Gasteiger partial charge on any atom is -0.399 e. The first-order valence-corrected chi connectivity index (χ1v) is 9.68. The number of likely N-dealkylation sites (tertiary alicyclic amines) is 1. The van der Waals surface area contributed by atoms with Crippen molar-refractivity contribution in [3.05, 3.63) is 29.3 Å². The van der Waals surface area contributed by atoms with Crippen LogP contribution in [0.1, 0.15) is 46.1 Å². The molecule has 2 saturated heterocycles. The molecule has 2 heterocycles. The molecule has 2 aliphatic heterocycles. The Labute approximate surface area is 165 Å². The molecule has 0 saturated carbocycles. The first-order valence-electron chi connectivity index (χ1n) is 9.68. The quantitative estimate of drug-likeness (QED) is 0.735. The zero-order chi connectivity index (χ0) is 20.7. The lowest BCUT2D eigenvalue weighted by Gasteiger charge is -2.32. The number of halogens is 2. The van der Waals surface area contributed by atoms with E-state index in [1.165, 1.54) is 0 Å². The third kappa shape index (κ3) is 4.09. The number of rotatable bonds is 4. The number of benzene rings is 1. The fourth-order valence-electron chi connectivity index (χ4n) is 3.51. The molecule has 0 atom stereocenters. The summed E-state index contributed by atoms with van der Waals surface area (Å²) < 4.78 is 46.3. The van der Waals surface area contributed by atoms with Gasteiger partial charge in [-0.2, -0.15) is 0 Å². The van der Waals surface area contributed by atoms with Crippen molar-refractivity contribution in [2.45, 2.75) is 64.3 Å². The Bertz CT molecular complexity index is 732. The van der Waals surface area contributed by atoms with Gasteiger partial charge in [-0.05, 0) is 58.2 Å². The number of carbonyl (C=O) groups excluding carboxylic acids is 1. The molecule has 1 amide bonds. The summed E-state index contributed by atoms with van der Waals surface area (Å²) in [4.78, 5) is 14.2. The maximum atomic E-state index is 14.7. The molecule has 0 unspecified atom stereocenters. The molecule has 0 aliphatic carbocycles. The van der Waals surface area contributed by atoms with Gasteiger partial charge in [0.15, 0.2) is 0 Å². The Kier molecular flexibility index (Phi) is 5.85. The molecule has 0 spiro atoms. The van der Waals surface area contributed by atoms with Crippen LogP contribution in [0.2, 0.25) is 0 Å². The second-order valence-corrected chi connectivity index (χ2v) is 8.55. The Morgan fingerprint density at radius 3 is 2.25 bits per heavy atom. The summed E-state index contributed by atoms with van der Waals surface area (Å²) in [5.41, 5.74) is -1.25. The molecule has 0 bridgehead atoms. The largest absolute Gasteiger partial charge is 0.497 e. The average Bonchev–Trinajstić information content (AvgIpc) is 2.85. The van der Waals surface area contributed by atoms with E-state index in [1.807, 2.05) is 27.7 Å². The third-order valence-electron chi connectivity index (χ3n) is 6.14. The van der Waals surface area contributed by atoms with Crippen LogP contribution in [0.25, 0.3) is 0 Å². The number of amides is 1. The third-order valence-corrected chi connectivity index (χ3v) is 6.14. The number of hydrogen-bond acceptors (Lipinski definition) is 4. The van der Waals surface area contributed by atoms with E-state index in [4.69, 9.17) is 14.0 Å². The second kappa shape index (κ2) is 7.73. The molecule has 1 aromatic rings. The minimum atomic E-state index is -0.989. The lowest BCUT2D eigenvalue weighted by atomic mass is 9.78. The van der Waals surface area contributed by atoms with Gasteiger partial charge >= 0.3 is 7.12 Å². The summed E-state index contributed by atoms with van der Waals surface area (Å²) in [5, 5.41) is 0. The highest BCUT2D eigenvalue weighted by atomic mass is 19.1. The fourth-order valence-corrected chi connectivity index (χ4v) is 3.51. The smallest absolute Gasteiger partial charge is 0.399 e. The zero-order valence-corrected chi connectivity index (χ0v) is 17.2. The van der Waals surface area contributed by atoms with Crippen molar-refractivity contribution in [1.82, 2.24) is 4.90 Å². The molecular formula is C20H28BF2NO4. The summed E-state index contributed by atoms with van der Waals surface area (Å²) in [7, 11) is 0.666.